The lowest BCUT2D eigenvalue weighted by Gasteiger charge is -2.11. The summed E-state index contributed by atoms with van der Waals surface area (Å²) >= 11 is 0. The fraction of sp³-hybridized carbons (Fsp3) is 0.600. The molecule has 0 spiro atoms. The fourth-order valence-electron chi connectivity index (χ4n) is 0.938. The molecule has 0 aromatic heterocycles. The molecule has 0 fully saturated rings. The smallest absolute Gasteiger partial charge is 0.00276 e. The Morgan fingerprint density at radius 2 is 1.82 bits per heavy atom. The highest BCUT2D eigenvalue weighted by atomic mass is 14.8. The maximum Gasteiger partial charge on any atom is 0.00276 e. The van der Waals surface area contributed by atoms with Gasteiger partial charge in [-0.1, -0.05) is 32.1 Å². The molecule has 0 aromatic rings. The number of hydrogen-bond acceptors (Lipinski definition) is 1. The van der Waals surface area contributed by atoms with Crippen molar-refractivity contribution < 1.29 is 0 Å². The minimum absolute atomic E-state index is 0.562. The molecule has 0 bridgehead atoms. The van der Waals surface area contributed by atoms with E-state index in [2.05, 4.69) is 44.3 Å². The van der Waals surface area contributed by atoms with Crippen molar-refractivity contribution in [3.63, 3.8) is 0 Å². The molecule has 64 valence electrons. The van der Waals surface area contributed by atoms with E-state index in [0.717, 1.165) is 0 Å². The van der Waals surface area contributed by atoms with E-state index in [1.807, 2.05) is 13.2 Å². The van der Waals surface area contributed by atoms with Gasteiger partial charge in [0.05, 0.1) is 0 Å². The van der Waals surface area contributed by atoms with E-state index < -0.39 is 0 Å². The molecule has 1 N–H and O–H groups in total. The van der Waals surface area contributed by atoms with Crippen LogP contribution >= 0.6 is 0 Å². The van der Waals surface area contributed by atoms with Gasteiger partial charge in [-0.25, -0.2) is 0 Å². The molecular formula is C10H19N. The molecule has 0 aliphatic carbocycles. The Morgan fingerprint density at radius 3 is 2.18 bits per heavy atom. The zero-order valence-corrected chi connectivity index (χ0v) is 7.96. The van der Waals surface area contributed by atoms with Crippen LogP contribution in [-0.2, 0) is 0 Å². The van der Waals surface area contributed by atoms with Crippen LogP contribution in [0.25, 0.3) is 0 Å². The van der Waals surface area contributed by atoms with Crippen LogP contribution in [0.5, 0.6) is 0 Å². The second-order valence-electron chi connectivity index (χ2n) is 2.99. The summed E-state index contributed by atoms with van der Waals surface area (Å²) in [6.07, 6.45) is 8.50. The molecule has 0 aliphatic rings. The Balaban J connectivity index is 3.99. The summed E-state index contributed by atoms with van der Waals surface area (Å²) in [6, 6.07) is 0. The maximum absolute atomic E-state index is 3.00. The van der Waals surface area contributed by atoms with E-state index in [1.54, 1.807) is 0 Å². The van der Waals surface area contributed by atoms with E-state index in [9.17, 15) is 0 Å². The highest BCUT2D eigenvalue weighted by Gasteiger charge is 2.03. The second kappa shape index (κ2) is 6.02. The van der Waals surface area contributed by atoms with Gasteiger partial charge in [-0.3, -0.25) is 0 Å². The SMILES string of the molecule is CC=CC(C=CNC)C(C)C. The van der Waals surface area contributed by atoms with Gasteiger partial charge in [0.2, 0.25) is 0 Å². The summed E-state index contributed by atoms with van der Waals surface area (Å²) in [5, 5.41) is 3.00. The number of allylic oxidation sites excluding steroid dienone is 3. The first-order valence-corrected chi connectivity index (χ1v) is 4.19. The predicted molar refractivity (Wildman–Crippen MR) is 51.3 cm³/mol. The third-order valence-electron chi connectivity index (χ3n) is 1.67. The van der Waals surface area contributed by atoms with Crippen LogP contribution in [-0.4, -0.2) is 7.05 Å². The molecule has 0 saturated heterocycles. The van der Waals surface area contributed by atoms with E-state index in [0.29, 0.717) is 11.8 Å². The average Bonchev–Trinajstić information content (AvgIpc) is 1.97. The highest BCUT2D eigenvalue weighted by Crippen LogP contribution is 2.13. The van der Waals surface area contributed by atoms with E-state index in [1.165, 1.54) is 0 Å². The minimum atomic E-state index is 0.562. The van der Waals surface area contributed by atoms with Gasteiger partial charge in [0.25, 0.3) is 0 Å². The molecule has 11 heavy (non-hydrogen) atoms. The summed E-state index contributed by atoms with van der Waals surface area (Å²) in [6.45, 7) is 6.51. The van der Waals surface area contributed by atoms with Crippen molar-refractivity contribution in [3.8, 4) is 0 Å². The van der Waals surface area contributed by atoms with Gasteiger partial charge in [-0.05, 0) is 25.0 Å². The van der Waals surface area contributed by atoms with Gasteiger partial charge < -0.3 is 5.32 Å². The largest absolute Gasteiger partial charge is 0.394 e. The highest BCUT2D eigenvalue weighted by molar-refractivity contribution is 4.99. The summed E-state index contributed by atoms with van der Waals surface area (Å²) in [4.78, 5) is 0. The lowest BCUT2D eigenvalue weighted by atomic mass is 9.95. The predicted octanol–water partition coefficient (Wildman–Crippen LogP) is 2.57. The van der Waals surface area contributed by atoms with Crippen molar-refractivity contribution in [2.45, 2.75) is 20.8 Å². The van der Waals surface area contributed by atoms with E-state index in [4.69, 9.17) is 0 Å². The van der Waals surface area contributed by atoms with Gasteiger partial charge in [-0.2, -0.15) is 0 Å². The quantitative estimate of drug-likeness (QED) is 0.612. The lowest BCUT2D eigenvalue weighted by Crippen LogP contribution is -2.03. The first-order chi connectivity index (χ1) is 5.22. The normalized spacial score (nSPS) is 15.0. The molecule has 0 aliphatic heterocycles. The van der Waals surface area contributed by atoms with Crippen LogP contribution < -0.4 is 5.32 Å². The molecule has 0 radical (unpaired) electrons. The second-order valence-corrected chi connectivity index (χ2v) is 2.99. The van der Waals surface area contributed by atoms with Gasteiger partial charge in [0.15, 0.2) is 0 Å². The standard InChI is InChI=1S/C10H19N/c1-5-6-10(9(2)3)7-8-11-4/h5-11H,1-4H3. The molecular weight excluding hydrogens is 134 g/mol. The van der Waals surface area contributed by atoms with Crippen molar-refractivity contribution >= 4 is 0 Å². The third-order valence-corrected chi connectivity index (χ3v) is 1.67. The number of rotatable bonds is 4. The van der Waals surface area contributed by atoms with Crippen molar-refractivity contribution in [1.29, 1.82) is 0 Å². The number of nitrogens with one attached hydrogen (secondary N) is 1. The van der Waals surface area contributed by atoms with Crippen LogP contribution in [0.15, 0.2) is 24.4 Å². The molecule has 1 atom stereocenters. The summed E-state index contributed by atoms with van der Waals surface area (Å²) < 4.78 is 0. The van der Waals surface area contributed by atoms with Gasteiger partial charge in [0.1, 0.15) is 0 Å². The molecule has 0 heterocycles. The zero-order valence-electron chi connectivity index (χ0n) is 7.96. The van der Waals surface area contributed by atoms with Crippen LogP contribution in [0, 0.1) is 11.8 Å². The molecule has 1 nitrogen and oxygen atoms in total. The van der Waals surface area contributed by atoms with E-state index in [-0.39, 0.29) is 0 Å². The molecule has 1 unspecified atom stereocenters. The summed E-state index contributed by atoms with van der Waals surface area (Å²) in [5.74, 6) is 1.24. The van der Waals surface area contributed by atoms with Gasteiger partial charge in [0, 0.05) is 7.05 Å². The Bertz CT molecular complexity index is 134. The van der Waals surface area contributed by atoms with Gasteiger partial charge in [-0.15, -0.1) is 0 Å². The van der Waals surface area contributed by atoms with Crippen molar-refractivity contribution in [2.24, 2.45) is 11.8 Å². The van der Waals surface area contributed by atoms with Crippen LogP contribution in [0.1, 0.15) is 20.8 Å². The van der Waals surface area contributed by atoms with Crippen molar-refractivity contribution in [1.82, 2.24) is 5.32 Å². The van der Waals surface area contributed by atoms with Crippen LogP contribution in [0.3, 0.4) is 0 Å². The van der Waals surface area contributed by atoms with Crippen molar-refractivity contribution in [3.05, 3.63) is 24.4 Å². The average molecular weight is 153 g/mol. The molecule has 0 amide bonds. The number of hydrogen-bond donors (Lipinski definition) is 1. The maximum atomic E-state index is 3.00. The van der Waals surface area contributed by atoms with Crippen molar-refractivity contribution in [2.75, 3.05) is 7.05 Å². The van der Waals surface area contributed by atoms with Crippen LogP contribution in [0.4, 0.5) is 0 Å². The molecule has 0 saturated carbocycles. The Morgan fingerprint density at radius 1 is 1.18 bits per heavy atom. The Hall–Kier alpha value is -0.720. The third kappa shape index (κ3) is 4.65. The molecule has 0 rings (SSSR count). The molecule has 0 aromatic carbocycles. The topological polar surface area (TPSA) is 12.0 Å². The first kappa shape index (κ1) is 10.3. The van der Waals surface area contributed by atoms with E-state index >= 15 is 0 Å². The lowest BCUT2D eigenvalue weighted by molar-refractivity contribution is 0.548. The summed E-state index contributed by atoms with van der Waals surface area (Å²) in [5.41, 5.74) is 0. The first-order valence-electron chi connectivity index (χ1n) is 4.19. The Labute approximate surface area is 70.2 Å². The van der Waals surface area contributed by atoms with Gasteiger partial charge >= 0.3 is 0 Å². The summed E-state index contributed by atoms with van der Waals surface area (Å²) in [7, 11) is 1.92. The molecule has 1 heteroatoms. The monoisotopic (exact) mass is 153 g/mol. The Kier molecular flexibility index (Phi) is 5.63. The zero-order chi connectivity index (χ0) is 8.69. The fourth-order valence-corrected chi connectivity index (χ4v) is 0.938. The van der Waals surface area contributed by atoms with Crippen LogP contribution in [0.2, 0.25) is 0 Å². The minimum Gasteiger partial charge on any atom is -0.394 e.